The fourth-order valence-electron chi connectivity index (χ4n) is 3.00. The molecular formula is C19H21ClN2O2. The van der Waals surface area contributed by atoms with Gasteiger partial charge in [-0.25, -0.2) is 0 Å². The number of hydrogen-bond donors (Lipinski definition) is 1. The van der Waals surface area contributed by atoms with Crippen LogP contribution in [-0.2, 0) is 17.8 Å². The Labute approximate surface area is 147 Å². The first-order chi connectivity index (χ1) is 11.6. The van der Waals surface area contributed by atoms with Gasteiger partial charge in [-0.05, 0) is 42.7 Å². The zero-order valence-corrected chi connectivity index (χ0v) is 14.6. The summed E-state index contributed by atoms with van der Waals surface area (Å²) in [6.45, 7) is 3.62. The third-order valence-electron chi connectivity index (χ3n) is 4.51. The molecule has 4 nitrogen and oxygen atoms in total. The Bertz CT molecular complexity index is 748. The standard InChI is InChI=1S/C19H21ClN2O2/c1-13(22-10-9-14-5-3-4-6-15(14)12-22)19(23)21-16-7-8-18(24-2)17(20)11-16/h3-8,11,13H,9-10,12H2,1-2H3,(H,21,23)/t13-/m0/s1. The highest BCUT2D eigenvalue weighted by Gasteiger charge is 2.25. The number of methoxy groups -OCH3 is 1. The molecule has 5 heteroatoms. The minimum Gasteiger partial charge on any atom is -0.495 e. The van der Waals surface area contributed by atoms with Crippen LogP contribution in [0.5, 0.6) is 5.75 Å². The molecule has 0 unspecified atom stereocenters. The minimum atomic E-state index is -0.209. The summed E-state index contributed by atoms with van der Waals surface area (Å²) in [6, 6.07) is 13.5. The van der Waals surface area contributed by atoms with Crippen LogP contribution in [-0.4, -0.2) is 30.5 Å². The fourth-order valence-corrected chi connectivity index (χ4v) is 3.26. The molecule has 0 spiro atoms. The SMILES string of the molecule is COc1ccc(NC(=O)[C@H](C)N2CCc3ccccc3C2)cc1Cl. The molecule has 1 heterocycles. The molecule has 1 N–H and O–H groups in total. The number of fused-ring (bicyclic) bond motifs is 1. The van der Waals surface area contributed by atoms with Gasteiger partial charge in [0.1, 0.15) is 5.75 Å². The van der Waals surface area contributed by atoms with Crippen molar-refractivity contribution in [3.8, 4) is 5.75 Å². The number of halogens is 1. The van der Waals surface area contributed by atoms with Gasteiger partial charge in [-0.1, -0.05) is 35.9 Å². The highest BCUT2D eigenvalue weighted by atomic mass is 35.5. The predicted octanol–water partition coefficient (Wildman–Crippen LogP) is 3.73. The third-order valence-corrected chi connectivity index (χ3v) is 4.80. The molecule has 2 aromatic rings. The van der Waals surface area contributed by atoms with E-state index < -0.39 is 0 Å². The van der Waals surface area contributed by atoms with Crippen LogP contribution >= 0.6 is 11.6 Å². The van der Waals surface area contributed by atoms with E-state index in [0.29, 0.717) is 16.5 Å². The van der Waals surface area contributed by atoms with E-state index in [1.165, 1.54) is 11.1 Å². The van der Waals surface area contributed by atoms with Gasteiger partial charge in [-0.2, -0.15) is 0 Å². The zero-order chi connectivity index (χ0) is 17.1. The summed E-state index contributed by atoms with van der Waals surface area (Å²) in [5.74, 6) is 0.561. The van der Waals surface area contributed by atoms with Crippen molar-refractivity contribution in [3.05, 3.63) is 58.6 Å². The van der Waals surface area contributed by atoms with Crippen LogP contribution < -0.4 is 10.1 Å². The van der Waals surface area contributed by atoms with E-state index in [1.807, 2.05) is 13.0 Å². The van der Waals surface area contributed by atoms with E-state index in [2.05, 4.69) is 28.4 Å². The van der Waals surface area contributed by atoms with Crippen molar-refractivity contribution in [3.63, 3.8) is 0 Å². The van der Waals surface area contributed by atoms with Crippen molar-refractivity contribution in [2.75, 3.05) is 19.0 Å². The molecular weight excluding hydrogens is 324 g/mol. The van der Waals surface area contributed by atoms with Gasteiger partial charge < -0.3 is 10.1 Å². The van der Waals surface area contributed by atoms with Crippen molar-refractivity contribution >= 4 is 23.2 Å². The fraction of sp³-hybridized carbons (Fsp3) is 0.316. The largest absolute Gasteiger partial charge is 0.495 e. The van der Waals surface area contributed by atoms with Crippen molar-refractivity contribution in [1.82, 2.24) is 4.90 Å². The maximum absolute atomic E-state index is 12.6. The van der Waals surface area contributed by atoms with E-state index in [4.69, 9.17) is 16.3 Å². The van der Waals surface area contributed by atoms with Gasteiger partial charge in [-0.15, -0.1) is 0 Å². The second-order valence-corrected chi connectivity index (χ2v) is 6.41. The number of nitrogens with one attached hydrogen (secondary N) is 1. The van der Waals surface area contributed by atoms with Gasteiger partial charge in [-0.3, -0.25) is 9.69 Å². The highest BCUT2D eigenvalue weighted by Crippen LogP contribution is 2.27. The first-order valence-corrected chi connectivity index (χ1v) is 8.41. The predicted molar refractivity (Wildman–Crippen MR) is 96.7 cm³/mol. The molecule has 126 valence electrons. The second kappa shape index (κ2) is 7.24. The Balaban J connectivity index is 1.66. The number of carbonyl (C=O) groups excluding carboxylic acids is 1. The van der Waals surface area contributed by atoms with Crippen molar-refractivity contribution < 1.29 is 9.53 Å². The quantitative estimate of drug-likeness (QED) is 0.918. The summed E-state index contributed by atoms with van der Waals surface area (Å²) in [5, 5.41) is 3.42. The molecule has 1 amide bonds. The second-order valence-electron chi connectivity index (χ2n) is 6.00. The topological polar surface area (TPSA) is 41.6 Å². The molecule has 3 rings (SSSR count). The first-order valence-electron chi connectivity index (χ1n) is 8.03. The monoisotopic (exact) mass is 344 g/mol. The van der Waals surface area contributed by atoms with Gasteiger partial charge in [0.25, 0.3) is 0 Å². The van der Waals surface area contributed by atoms with Crippen LogP contribution in [0.1, 0.15) is 18.1 Å². The van der Waals surface area contributed by atoms with Crippen molar-refractivity contribution in [1.29, 1.82) is 0 Å². The van der Waals surface area contributed by atoms with Gasteiger partial charge in [0, 0.05) is 18.8 Å². The van der Waals surface area contributed by atoms with Crippen LogP contribution in [0.4, 0.5) is 5.69 Å². The zero-order valence-electron chi connectivity index (χ0n) is 13.9. The normalized spacial score (nSPS) is 15.5. The lowest BCUT2D eigenvalue weighted by atomic mass is 9.99. The summed E-state index contributed by atoms with van der Waals surface area (Å²) in [6.07, 6.45) is 0.974. The van der Waals surface area contributed by atoms with E-state index >= 15 is 0 Å². The molecule has 1 atom stereocenters. The van der Waals surface area contributed by atoms with Crippen LogP contribution in [0, 0.1) is 0 Å². The molecule has 0 bridgehead atoms. The number of hydrogen-bond acceptors (Lipinski definition) is 3. The molecule has 1 aliphatic heterocycles. The lowest BCUT2D eigenvalue weighted by Gasteiger charge is -2.32. The van der Waals surface area contributed by atoms with Crippen molar-refractivity contribution in [2.24, 2.45) is 0 Å². The Kier molecular flexibility index (Phi) is 5.07. The molecule has 0 saturated carbocycles. The van der Waals surface area contributed by atoms with Crippen molar-refractivity contribution in [2.45, 2.75) is 25.9 Å². The third kappa shape index (κ3) is 3.55. The number of rotatable bonds is 4. The number of anilines is 1. The highest BCUT2D eigenvalue weighted by molar-refractivity contribution is 6.32. The summed E-state index contributed by atoms with van der Waals surface area (Å²) in [7, 11) is 1.57. The molecule has 2 aromatic carbocycles. The van der Waals surface area contributed by atoms with E-state index in [-0.39, 0.29) is 11.9 Å². The summed E-state index contributed by atoms with van der Waals surface area (Å²) >= 11 is 6.11. The van der Waals surface area contributed by atoms with Gasteiger partial charge in [0.2, 0.25) is 5.91 Å². The summed E-state index contributed by atoms with van der Waals surface area (Å²) < 4.78 is 5.13. The molecule has 24 heavy (non-hydrogen) atoms. The first kappa shape index (κ1) is 16.8. The van der Waals surface area contributed by atoms with Crippen LogP contribution in [0.15, 0.2) is 42.5 Å². The maximum Gasteiger partial charge on any atom is 0.241 e. The van der Waals surface area contributed by atoms with E-state index in [0.717, 1.165) is 19.5 Å². The minimum absolute atomic E-state index is 0.0318. The van der Waals surface area contributed by atoms with Gasteiger partial charge in [0.15, 0.2) is 0 Å². The number of benzene rings is 2. The Morgan fingerprint density at radius 3 is 2.71 bits per heavy atom. The van der Waals surface area contributed by atoms with E-state index in [9.17, 15) is 4.79 Å². The lowest BCUT2D eigenvalue weighted by Crippen LogP contribution is -2.44. The number of carbonyl (C=O) groups is 1. The molecule has 1 aliphatic rings. The number of amides is 1. The van der Waals surface area contributed by atoms with E-state index in [1.54, 1.807) is 25.3 Å². The summed E-state index contributed by atoms with van der Waals surface area (Å²) in [4.78, 5) is 14.8. The van der Waals surface area contributed by atoms with Gasteiger partial charge in [0.05, 0.1) is 18.2 Å². The smallest absolute Gasteiger partial charge is 0.241 e. The van der Waals surface area contributed by atoms with Crippen LogP contribution in [0.2, 0.25) is 5.02 Å². The average molecular weight is 345 g/mol. The Morgan fingerprint density at radius 2 is 2.00 bits per heavy atom. The Hall–Kier alpha value is -2.04. The number of nitrogens with zero attached hydrogens (tertiary/aromatic N) is 1. The Morgan fingerprint density at radius 1 is 1.25 bits per heavy atom. The molecule has 0 aromatic heterocycles. The van der Waals surface area contributed by atoms with Crippen LogP contribution in [0.3, 0.4) is 0 Å². The lowest BCUT2D eigenvalue weighted by molar-refractivity contribution is -0.121. The number of ether oxygens (including phenoxy) is 1. The maximum atomic E-state index is 12.6. The molecule has 0 aliphatic carbocycles. The molecule has 0 radical (unpaired) electrons. The average Bonchev–Trinajstić information content (AvgIpc) is 2.60. The molecule has 0 saturated heterocycles. The summed E-state index contributed by atoms with van der Waals surface area (Å²) in [5.41, 5.74) is 3.36. The molecule has 0 fully saturated rings. The van der Waals surface area contributed by atoms with Gasteiger partial charge >= 0.3 is 0 Å². The van der Waals surface area contributed by atoms with Crippen LogP contribution in [0.25, 0.3) is 0 Å².